The number of ether oxygens (including phenoxy) is 1. The first-order valence-corrected chi connectivity index (χ1v) is 11.2. The summed E-state index contributed by atoms with van der Waals surface area (Å²) in [5.41, 5.74) is 8.47. The van der Waals surface area contributed by atoms with Gasteiger partial charge >= 0.3 is 5.97 Å². The number of aliphatic carboxylic acids is 1. The van der Waals surface area contributed by atoms with Crippen molar-refractivity contribution in [1.29, 1.82) is 0 Å². The SMILES string of the molecule is Nc1ccc2nc(-n3cc(C(=O)CCC(=O)O)c4cc(Cl)ccc43)nc(N3CCOCC3)c2c1. The van der Waals surface area contributed by atoms with Crippen molar-refractivity contribution in [2.75, 3.05) is 36.9 Å². The van der Waals surface area contributed by atoms with E-state index in [1.165, 1.54) is 0 Å². The normalized spacial score (nSPS) is 14.1. The Balaban J connectivity index is 1.69. The molecular weight excluding hydrogens is 458 g/mol. The van der Waals surface area contributed by atoms with E-state index in [2.05, 4.69) is 4.90 Å². The number of aromatic nitrogens is 3. The van der Waals surface area contributed by atoms with E-state index in [0.717, 1.165) is 16.7 Å². The number of anilines is 2. The lowest BCUT2D eigenvalue weighted by Gasteiger charge is -2.29. The van der Waals surface area contributed by atoms with Gasteiger partial charge in [0.2, 0.25) is 5.95 Å². The maximum absolute atomic E-state index is 12.9. The Hall–Kier alpha value is -3.69. The van der Waals surface area contributed by atoms with E-state index in [9.17, 15) is 9.59 Å². The highest BCUT2D eigenvalue weighted by atomic mass is 35.5. The zero-order valence-corrected chi connectivity index (χ0v) is 19.0. The van der Waals surface area contributed by atoms with Crippen LogP contribution in [0, 0.1) is 0 Å². The van der Waals surface area contributed by atoms with Crippen LogP contribution < -0.4 is 10.6 Å². The number of Topliss-reactive ketones (excluding diaryl/α,β-unsaturated/α-hetero) is 1. The standard InChI is InChI=1S/C24H22ClN5O4/c25-14-1-4-20-16(11-14)18(21(31)5-6-22(32)33)13-30(20)24-27-19-3-2-15(26)12-17(19)23(28-24)29-7-9-34-10-8-29/h1-4,11-13H,5-10,26H2,(H,32,33). The number of halogens is 1. The molecule has 0 atom stereocenters. The van der Waals surface area contributed by atoms with Crippen LogP contribution in [0.2, 0.25) is 5.02 Å². The van der Waals surface area contributed by atoms with Gasteiger partial charge in [0.15, 0.2) is 5.78 Å². The fourth-order valence-corrected chi connectivity index (χ4v) is 4.36. The van der Waals surface area contributed by atoms with E-state index in [4.69, 9.17) is 37.1 Å². The summed E-state index contributed by atoms with van der Waals surface area (Å²) in [6.45, 7) is 2.55. The molecule has 5 rings (SSSR count). The summed E-state index contributed by atoms with van der Waals surface area (Å²) in [7, 11) is 0. The van der Waals surface area contributed by atoms with Crippen LogP contribution in [0.1, 0.15) is 23.2 Å². The molecule has 0 unspecified atom stereocenters. The largest absolute Gasteiger partial charge is 0.481 e. The molecule has 0 saturated carbocycles. The maximum atomic E-state index is 12.9. The van der Waals surface area contributed by atoms with Crippen LogP contribution >= 0.6 is 11.6 Å². The topological polar surface area (TPSA) is 124 Å². The number of carboxylic acids is 1. The molecule has 4 aromatic rings. The Labute approximate surface area is 199 Å². The second-order valence-corrected chi connectivity index (χ2v) is 8.55. The van der Waals surface area contributed by atoms with Crippen molar-refractivity contribution in [2.45, 2.75) is 12.8 Å². The number of rotatable bonds is 6. The Morgan fingerprint density at radius 2 is 1.85 bits per heavy atom. The second-order valence-electron chi connectivity index (χ2n) is 8.11. The molecule has 0 bridgehead atoms. The zero-order chi connectivity index (χ0) is 23.8. The van der Waals surface area contributed by atoms with Crippen LogP contribution in [-0.2, 0) is 9.53 Å². The molecule has 0 amide bonds. The number of morpholine rings is 1. The van der Waals surface area contributed by atoms with E-state index in [-0.39, 0.29) is 18.6 Å². The lowest BCUT2D eigenvalue weighted by Crippen LogP contribution is -2.37. The van der Waals surface area contributed by atoms with Gasteiger partial charge in [0.05, 0.1) is 30.7 Å². The van der Waals surface area contributed by atoms with E-state index >= 15 is 0 Å². The summed E-state index contributed by atoms with van der Waals surface area (Å²) in [6.07, 6.45) is 1.30. The third-order valence-electron chi connectivity index (χ3n) is 5.85. The number of benzene rings is 2. The minimum Gasteiger partial charge on any atom is -0.481 e. The Kier molecular flexibility index (Phi) is 5.80. The zero-order valence-electron chi connectivity index (χ0n) is 18.2. The van der Waals surface area contributed by atoms with Crippen LogP contribution in [0.3, 0.4) is 0 Å². The number of fused-ring (bicyclic) bond motifs is 2. The number of carboxylic acid groups (broad SMARTS) is 1. The number of nitrogens with zero attached hydrogens (tertiary/aromatic N) is 4. The highest BCUT2D eigenvalue weighted by molar-refractivity contribution is 6.31. The lowest BCUT2D eigenvalue weighted by molar-refractivity contribution is -0.136. The van der Waals surface area contributed by atoms with Crippen LogP contribution in [0.25, 0.3) is 27.8 Å². The Morgan fingerprint density at radius 3 is 2.62 bits per heavy atom. The highest BCUT2D eigenvalue weighted by Crippen LogP contribution is 2.31. The van der Waals surface area contributed by atoms with E-state index in [0.29, 0.717) is 59.4 Å². The molecule has 174 valence electrons. The van der Waals surface area contributed by atoms with Crippen LogP contribution in [0.5, 0.6) is 0 Å². The summed E-state index contributed by atoms with van der Waals surface area (Å²) in [4.78, 5) is 35.7. The van der Waals surface area contributed by atoms with Gasteiger partial charge in [-0.2, -0.15) is 4.98 Å². The Bertz CT molecular complexity index is 1430. The molecule has 0 radical (unpaired) electrons. The van der Waals surface area contributed by atoms with Crippen LogP contribution in [0.4, 0.5) is 11.5 Å². The molecule has 1 saturated heterocycles. The van der Waals surface area contributed by atoms with Gasteiger partial charge in [-0.1, -0.05) is 11.6 Å². The minimum atomic E-state index is -1.03. The first-order valence-electron chi connectivity index (χ1n) is 10.9. The van der Waals surface area contributed by atoms with E-state index in [1.54, 1.807) is 35.0 Å². The van der Waals surface area contributed by atoms with Crippen molar-refractivity contribution < 1.29 is 19.4 Å². The molecule has 3 N–H and O–H groups in total. The molecule has 3 heterocycles. The smallest absolute Gasteiger partial charge is 0.303 e. The first-order chi connectivity index (χ1) is 16.4. The molecule has 0 aliphatic carbocycles. The quantitative estimate of drug-likeness (QED) is 0.317. The van der Waals surface area contributed by atoms with Gasteiger partial charge < -0.3 is 20.5 Å². The molecule has 2 aromatic heterocycles. The van der Waals surface area contributed by atoms with Gasteiger partial charge in [-0.05, 0) is 36.4 Å². The van der Waals surface area contributed by atoms with Gasteiger partial charge in [0, 0.05) is 52.8 Å². The summed E-state index contributed by atoms with van der Waals surface area (Å²) in [5.74, 6) is -0.175. The number of hydrogen-bond donors (Lipinski definition) is 2. The first kappa shape index (κ1) is 22.1. The van der Waals surface area contributed by atoms with Crippen molar-refractivity contribution in [2.24, 2.45) is 0 Å². The van der Waals surface area contributed by atoms with Crippen molar-refractivity contribution in [1.82, 2.24) is 14.5 Å². The van der Waals surface area contributed by atoms with Crippen molar-refractivity contribution in [3.63, 3.8) is 0 Å². The highest BCUT2D eigenvalue weighted by Gasteiger charge is 2.22. The third kappa shape index (κ3) is 4.15. The summed E-state index contributed by atoms with van der Waals surface area (Å²) >= 11 is 6.22. The summed E-state index contributed by atoms with van der Waals surface area (Å²) in [6, 6.07) is 10.7. The van der Waals surface area contributed by atoms with Crippen molar-refractivity contribution >= 4 is 56.7 Å². The number of nitrogen functional groups attached to an aromatic ring is 1. The number of hydrogen-bond acceptors (Lipinski definition) is 7. The second kappa shape index (κ2) is 8.92. The molecular formula is C24H22ClN5O4. The molecule has 1 fully saturated rings. The van der Waals surface area contributed by atoms with E-state index < -0.39 is 5.97 Å². The monoisotopic (exact) mass is 479 g/mol. The minimum absolute atomic E-state index is 0.113. The molecule has 1 aliphatic heterocycles. The molecule has 1 aliphatic rings. The molecule has 2 aromatic carbocycles. The number of ketones is 1. The van der Waals surface area contributed by atoms with Crippen LogP contribution in [-0.4, -0.2) is 57.7 Å². The number of nitrogens with two attached hydrogens (primary N) is 1. The molecule has 9 nitrogen and oxygen atoms in total. The van der Waals surface area contributed by atoms with Gasteiger partial charge in [0.25, 0.3) is 0 Å². The number of carbonyl (C=O) groups is 2. The van der Waals surface area contributed by atoms with Gasteiger partial charge in [-0.3, -0.25) is 14.2 Å². The van der Waals surface area contributed by atoms with Crippen molar-refractivity contribution in [3.05, 3.63) is 53.2 Å². The van der Waals surface area contributed by atoms with Crippen molar-refractivity contribution in [3.8, 4) is 5.95 Å². The van der Waals surface area contributed by atoms with Gasteiger partial charge in [-0.15, -0.1) is 0 Å². The Morgan fingerprint density at radius 1 is 1.06 bits per heavy atom. The van der Waals surface area contributed by atoms with E-state index in [1.807, 2.05) is 12.1 Å². The van der Waals surface area contributed by atoms with Crippen LogP contribution in [0.15, 0.2) is 42.6 Å². The van der Waals surface area contributed by atoms with Gasteiger partial charge in [0.1, 0.15) is 5.82 Å². The molecule has 10 heteroatoms. The van der Waals surface area contributed by atoms with Gasteiger partial charge in [-0.25, -0.2) is 4.98 Å². The molecule has 34 heavy (non-hydrogen) atoms. The summed E-state index contributed by atoms with van der Waals surface area (Å²) in [5, 5.41) is 10.9. The third-order valence-corrected chi connectivity index (χ3v) is 6.08. The lowest BCUT2D eigenvalue weighted by atomic mass is 10.1. The summed E-state index contributed by atoms with van der Waals surface area (Å²) < 4.78 is 7.25. The average Bonchev–Trinajstić information content (AvgIpc) is 3.21. The maximum Gasteiger partial charge on any atom is 0.303 e. The fourth-order valence-electron chi connectivity index (χ4n) is 4.19. The predicted molar refractivity (Wildman–Crippen MR) is 130 cm³/mol. The predicted octanol–water partition coefficient (Wildman–Crippen LogP) is 3.69. The fraction of sp³-hybridized carbons (Fsp3) is 0.250. The average molecular weight is 480 g/mol. The number of carbonyl (C=O) groups excluding carboxylic acids is 1. The molecule has 0 spiro atoms.